The quantitative estimate of drug-likeness (QED) is 0.296. The van der Waals surface area contributed by atoms with Crippen molar-refractivity contribution in [3.8, 4) is 0 Å². The van der Waals surface area contributed by atoms with Crippen LogP contribution in [0.2, 0.25) is 0 Å². The molecule has 170 valence electrons. The van der Waals surface area contributed by atoms with Crippen molar-refractivity contribution in [2.75, 3.05) is 26.4 Å². The molecule has 0 saturated carbocycles. The van der Waals surface area contributed by atoms with E-state index < -0.39 is 11.7 Å². The van der Waals surface area contributed by atoms with E-state index in [1.165, 1.54) is 11.1 Å². The summed E-state index contributed by atoms with van der Waals surface area (Å²) in [7, 11) is 0. The van der Waals surface area contributed by atoms with Gasteiger partial charge in [0.1, 0.15) is 5.60 Å². The minimum atomic E-state index is -0.604. The molecule has 0 bridgehead atoms. The first-order valence-electron chi connectivity index (χ1n) is 10.8. The minimum Gasteiger partial charge on any atom is -0.458 e. The van der Waals surface area contributed by atoms with Crippen molar-refractivity contribution in [1.29, 1.82) is 0 Å². The first kappa shape index (κ1) is 25.0. The highest BCUT2D eigenvalue weighted by molar-refractivity contribution is 5.74. The molecule has 2 aromatic rings. The standard InChI is InChI=1S/C25H36N2O4/c1-21(24(28)31-25(2,3)4)30-18-17-29-16-15-26-27(19-22-11-7-5-8-12-22)20-23-13-9-6-10-14-23/h5-14,21,26H,15-20H2,1-4H3. The molecule has 0 aromatic heterocycles. The Labute approximate surface area is 186 Å². The molecule has 0 fully saturated rings. The number of nitrogens with zero attached hydrogens (tertiary/aromatic N) is 1. The average Bonchev–Trinajstić information content (AvgIpc) is 2.73. The van der Waals surface area contributed by atoms with Gasteiger partial charge in [-0.15, -0.1) is 0 Å². The number of rotatable bonds is 13. The third kappa shape index (κ3) is 11.1. The maximum Gasteiger partial charge on any atom is 0.335 e. The fraction of sp³-hybridized carbons (Fsp3) is 0.480. The van der Waals surface area contributed by atoms with Crippen LogP contribution in [0.15, 0.2) is 60.7 Å². The van der Waals surface area contributed by atoms with Crippen molar-refractivity contribution in [1.82, 2.24) is 10.4 Å². The maximum atomic E-state index is 11.9. The van der Waals surface area contributed by atoms with Crippen LogP contribution < -0.4 is 5.43 Å². The Hall–Kier alpha value is -2.25. The summed E-state index contributed by atoms with van der Waals surface area (Å²) in [5.74, 6) is -0.355. The molecule has 2 aromatic carbocycles. The van der Waals surface area contributed by atoms with E-state index in [0.717, 1.165) is 13.1 Å². The lowest BCUT2D eigenvalue weighted by Crippen LogP contribution is -2.39. The molecule has 0 spiro atoms. The van der Waals surface area contributed by atoms with E-state index in [9.17, 15) is 4.79 Å². The highest BCUT2D eigenvalue weighted by atomic mass is 16.6. The predicted octanol–water partition coefficient (Wildman–Crippen LogP) is 3.96. The lowest BCUT2D eigenvalue weighted by molar-refractivity contribution is -0.168. The zero-order valence-electron chi connectivity index (χ0n) is 19.2. The monoisotopic (exact) mass is 428 g/mol. The molecule has 0 aliphatic rings. The number of hydrogen-bond donors (Lipinski definition) is 1. The van der Waals surface area contributed by atoms with E-state index in [-0.39, 0.29) is 5.97 Å². The fourth-order valence-electron chi connectivity index (χ4n) is 2.89. The summed E-state index contributed by atoms with van der Waals surface area (Å²) in [6.45, 7) is 10.8. The van der Waals surface area contributed by atoms with Gasteiger partial charge in [-0.1, -0.05) is 60.7 Å². The van der Waals surface area contributed by atoms with E-state index in [0.29, 0.717) is 26.4 Å². The third-order valence-corrected chi connectivity index (χ3v) is 4.35. The Kier molecular flexibility index (Phi) is 10.7. The molecule has 6 nitrogen and oxygen atoms in total. The van der Waals surface area contributed by atoms with Crippen molar-refractivity contribution in [3.05, 3.63) is 71.8 Å². The second kappa shape index (κ2) is 13.2. The molecular formula is C25H36N2O4. The van der Waals surface area contributed by atoms with E-state index >= 15 is 0 Å². The van der Waals surface area contributed by atoms with Gasteiger partial charge in [0.2, 0.25) is 0 Å². The lowest BCUT2D eigenvalue weighted by Gasteiger charge is -2.24. The van der Waals surface area contributed by atoms with Crippen molar-refractivity contribution in [3.63, 3.8) is 0 Å². The molecule has 1 atom stereocenters. The van der Waals surface area contributed by atoms with Gasteiger partial charge >= 0.3 is 5.97 Å². The Bertz CT molecular complexity index is 706. The molecule has 0 aliphatic heterocycles. The normalized spacial score (nSPS) is 12.7. The largest absolute Gasteiger partial charge is 0.458 e. The van der Waals surface area contributed by atoms with Crippen molar-refractivity contribution >= 4 is 5.97 Å². The van der Waals surface area contributed by atoms with Crippen LogP contribution in [-0.4, -0.2) is 49.0 Å². The number of ether oxygens (including phenoxy) is 3. The number of hydrazine groups is 1. The Morgan fingerprint density at radius 1 is 0.903 bits per heavy atom. The molecule has 0 aliphatic carbocycles. The topological polar surface area (TPSA) is 60.0 Å². The molecule has 6 heteroatoms. The minimum absolute atomic E-state index is 0.345. The van der Waals surface area contributed by atoms with Crippen LogP contribution in [0.5, 0.6) is 0 Å². The van der Waals surface area contributed by atoms with Crippen LogP contribution in [0.25, 0.3) is 0 Å². The summed E-state index contributed by atoms with van der Waals surface area (Å²) in [6, 6.07) is 20.8. The van der Waals surface area contributed by atoms with Gasteiger partial charge in [0.15, 0.2) is 6.10 Å². The zero-order valence-corrected chi connectivity index (χ0v) is 19.2. The summed E-state index contributed by atoms with van der Waals surface area (Å²) in [4.78, 5) is 11.9. The van der Waals surface area contributed by atoms with E-state index in [1.54, 1.807) is 6.92 Å². The summed E-state index contributed by atoms with van der Waals surface area (Å²) in [5.41, 5.74) is 5.44. The van der Waals surface area contributed by atoms with Gasteiger partial charge in [-0.05, 0) is 38.8 Å². The molecule has 0 heterocycles. The molecule has 0 amide bonds. The lowest BCUT2D eigenvalue weighted by atomic mass is 10.2. The Balaban J connectivity index is 1.67. The highest BCUT2D eigenvalue weighted by Gasteiger charge is 2.21. The van der Waals surface area contributed by atoms with Crippen molar-refractivity contribution < 1.29 is 19.0 Å². The highest BCUT2D eigenvalue weighted by Crippen LogP contribution is 2.10. The van der Waals surface area contributed by atoms with Gasteiger partial charge < -0.3 is 14.2 Å². The maximum absolute atomic E-state index is 11.9. The summed E-state index contributed by atoms with van der Waals surface area (Å²) in [6.07, 6.45) is -0.604. The van der Waals surface area contributed by atoms with E-state index in [4.69, 9.17) is 14.2 Å². The first-order chi connectivity index (χ1) is 14.8. The SMILES string of the molecule is CC(OCCOCCNN(Cc1ccccc1)Cc1ccccc1)C(=O)OC(C)(C)C. The number of carbonyl (C=O) groups is 1. The number of carbonyl (C=O) groups excluding carboxylic acids is 1. The number of hydrogen-bond acceptors (Lipinski definition) is 6. The smallest absolute Gasteiger partial charge is 0.335 e. The van der Waals surface area contributed by atoms with Crippen LogP contribution in [0.3, 0.4) is 0 Å². The van der Waals surface area contributed by atoms with Gasteiger partial charge in [0, 0.05) is 19.6 Å². The van der Waals surface area contributed by atoms with Crippen molar-refractivity contribution in [2.45, 2.75) is 52.5 Å². The second-order valence-electron chi connectivity index (χ2n) is 8.39. The van der Waals surface area contributed by atoms with Gasteiger partial charge in [0.25, 0.3) is 0 Å². The second-order valence-corrected chi connectivity index (χ2v) is 8.39. The molecular weight excluding hydrogens is 392 g/mol. The summed E-state index contributed by atoms with van der Waals surface area (Å²) >= 11 is 0. The van der Waals surface area contributed by atoms with Crippen LogP contribution in [-0.2, 0) is 32.1 Å². The first-order valence-corrected chi connectivity index (χ1v) is 10.8. The molecule has 1 N–H and O–H groups in total. The van der Waals surface area contributed by atoms with Gasteiger partial charge in [-0.25, -0.2) is 9.80 Å². The van der Waals surface area contributed by atoms with Crippen molar-refractivity contribution in [2.24, 2.45) is 0 Å². The Morgan fingerprint density at radius 3 is 1.97 bits per heavy atom. The van der Waals surface area contributed by atoms with E-state index in [2.05, 4.69) is 59.0 Å². The predicted molar refractivity (Wildman–Crippen MR) is 122 cm³/mol. The number of nitrogens with one attached hydrogen (secondary N) is 1. The van der Waals surface area contributed by atoms with E-state index in [1.807, 2.05) is 32.9 Å². The van der Waals surface area contributed by atoms with Crippen LogP contribution in [0.4, 0.5) is 0 Å². The fourth-order valence-corrected chi connectivity index (χ4v) is 2.89. The van der Waals surface area contributed by atoms with Gasteiger partial charge in [-0.2, -0.15) is 0 Å². The molecule has 0 radical (unpaired) electrons. The molecule has 2 rings (SSSR count). The van der Waals surface area contributed by atoms with Gasteiger partial charge in [0.05, 0.1) is 19.8 Å². The van der Waals surface area contributed by atoms with Crippen LogP contribution in [0, 0.1) is 0 Å². The molecule has 1 unspecified atom stereocenters. The van der Waals surface area contributed by atoms with Gasteiger partial charge in [-0.3, -0.25) is 5.43 Å². The Morgan fingerprint density at radius 2 is 1.45 bits per heavy atom. The molecule has 31 heavy (non-hydrogen) atoms. The average molecular weight is 429 g/mol. The van der Waals surface area contributed by atoms with Crippen LogP contribution >= 0.6 is 0 Å². The zero-order chi connectivity index (χ0) is 22.5. The number of esters is 1. The summed E-state index contributed by atoms with van der Waals surface area (Å²) < 4.78 is 16.5. The van der Waals surface area contributed by atoms with Crippen LogP contribution in [0.1, 0.15) is 38.8 Å². The molecule has 0 saturated heterocycles. The third-order valence-electron chi connectivity index (χ3n) is 4.35. The summed E-state index contributed by atoms with van der Waals surface area (Å²) in [5, 5.41) is 2.19. The number of benzene rings is 2.